The molecule has 29 heavy (non-hydrogen) atoms. The van der Waals surface area contributed by atoms with Gasteiger partial charge < -0.3 is 5.32 Å². The number of anilines is 1. The maximum Gasteiger partial charge on any atom is 0.238 e. The Morgan fingerprint density at radius 1 is 0.966 bits per heavy atom. The summed E-state index contributed by atoms with van der Waals surface area (Å²) in [5.74, 6) is -0.263. The zero-order valence-electron chi connectivity index (χ0n) is 16.4. The predicted molar refractivity (Wildman–Crippen MR) is 112 cm³/mol. The van der Waals surface area contributed by atoms with Gasteiger partial charge in [-0.1, -0.05) is 42.5 Å². The maximum atomic E-state index is 12.6. The van der Waals surface area contributed by atoms with Gasteiger partial charge >= 0.3 is 0 Å². The van der Waals surface area contributed by atoms with Crippen LogP contribution in [0.25, 0.3) is 0 Å². The van der Waals surface area contributed by atoms with Crippen LogP contribution in [0, 0.1) is 0 Å². The first-order chi connectivity index (χ1) is 13.8. The average molecular weight is 416 g/mol. The minimum atomic E-state index is -3.38. The monoisotopic (exact) mass is 415 g/mol. The Labute approximate surface area is 171 Å². The van der Waals surface area contributed by atoms with Crippen molar-refractivity contribution >= 4 is 27.4 Å². The number of nitrogens with zero attached hydrogens (tertiary/aromatic N) is 2. The number of nitrogens with one attached hydrogen (secondary N) is 1. The van der Waals surface area contributed by atoms with Crippen LogP contribution in [0.3, 0.4) is 0 Å². The number of hydrogen-bond acceptors (Lipinski definition) is 5. The number of ketones is 1. The summed E-state index contributed by atoms with van der Waals surface area (Å²) in [7, 11) is -3.38. The summed E-state index contributed by atoms with van der Waals surface area (Å²) in [6.07, 6.45) is 0. The fourth-order valence-electron chi connectivity index (χ4n) is 3.26. The molecule has 154 valence electrons. The van der Waals surface area contributed by atoms with E-state index in [-0.39, 0.29) is 24.0 Å². The summed E-state index contributed by atoms with van der Waals surface area (Å²) in [6.45, 7) is 3.37. The molecule has 3 rings (SSSR count). The third-order valence-corrected chi connectivity index (χ3v) is 6.69. The predicted octanol–water partition coefficient (Wildman–Crippen LogP) is 1.98. The Hall–Kier alpha value is -2.55. The van der Waals surface area contributed by atoms with E-state index in [4.69, 9.17) is 0 Å². The number of benzene rings is 2. The Balaban J connectivity index is 1.50. The summed E-state index contributed by atoms with van der Waals surface area (Å²) < 4.78 is 26.7. The smallest absolute Gasteiger partial charge is 0.238 e. The fourth-order valence-corrected chi connectivity index (χ4v) is 4.78. The molecule has 0 bridgehead atoms. The largest absolute Gasteiger partial charge is 0.325 e. The van der Waals surface area contributed by atoms with Crippen LogP contribution in [0.1, 0.15) is 22.8 Å². The standard InChI is InChI=1S/C21H25N3O4S/c1-17(25)19-8-5-9-20(14-19)22-21(26)15-23-10-12-24(13-11-23)29(27,28)16-18-6-3-2-4-7-18/h2-9,14H,10-13,15-16H2,1H3,(H,22,26). The lowest BCUT2D eigenvalue weighted by molar-refractivity contribution is -0.117. The van der Waals surface area contributed by atoms with E-state index >= 15 is 0 Å². The van der Waals surface area contributed by atoms with Gasteiger partial charge in [-0.25, -0.2) is 8.42 Å². The van der Waals surface area contributed by atoms with Crippen LogP contribution in [0.4, 0.5) is 5.69 Å². The molecule has 1 aliphatic heterocycles. The molecule has 1 N–H and O–H groups in total. The Kier molecular flexibility index (Phi) is 6.79. The SMILES string of the molecule is CC(=O)c1cccc(NC(=O)CN2CCN(S(=O)(=O)Cc3ccccc3)CC2)c1. The van der Waals surface area contributed by atoms with Crippen molar-refractivity contribution in [2.75, 3.05) is 38.0 Å². The number of carbonyl (C=O) groups is 2. The number of rotatable bonds is 7. The summed E-state index contributed by atoms with van der Waals surface area (Å²) in [6, 6.07) is 15.9. The number of hydrogen-bond donors (Lipinski definition) is 1. The minimum absolute atomic E-state index is 0.0131. The highest BCUT2D eigenvalue weighted by molar-refractivity contribution is 7.88. The van der Waals surface area contributed by atoms with Gasteiger partial charge in [0.05, 0.1) is 12.3 Å². The van der Waals surface area contributed by atoms with Crippen molar-refractivity contribution in [2.45, 2.75) is 12.7 Å². The Bertz CT molecular complexity index is 968. The van der Waals surface area contributed by atoms with Crippen LogP contribution in [0.5, 0.6) is 0 Å². The van der Waals surface area contributed by atoms with Crippen molar-refractivity contribution in [3.8, 4) is 0 Å². The van der Waals surface area contributed by atoms with E-state index in [2.05, 4.69) is 5.32 Å². The van der Waals surface area contributed by atoms with Crippen LogP contribution in [0.2, 0.25) is 0 Å². The molecular formula is C21H25N3O4S. The molecule has 1 amide bonds. The fraction of sp³-hybridized carbons (Fsp3) is 0.333. The first-order valence-electron chi connectivity index (χ1n) is 9.48. The van der Waals surface area contributed by atoms with Crippen LogP contribution in [-0.4, -0.2) is 62.0 Å². The van der Waals surface area contributed by atoms with Crippen LogP contribution in [0.15, 0.2) is 54.6 Å². The van der Waals surface area contributed by atoms with Gasteiger partial charge in [0, 0.05) is 37.4 Å². The molecule has 2 aromatic carbocycles. The van der Waals surface area contributed by atoms with Gasteiger partial charge in [0.2, 0.25) is 15.9 Å². The quantitative estimate of drug-likeness (QED) is 0.699. The Morgan fingerprint density at radius 2 is 1.66 bits per heavy atom. The molecule has 0 atom stereocenters. The molecule has 0 unspecified atom stereocenters. The van der Waals surface area contributed by atoms with Gasteiger partial charge in [-0.05, 0) is 24.6 Å². The van der Waals surface area contributed by atoms with Gasteiger partial charge in [-0.2, -0.15) is 4.31 Å². The van der Waals surface area contributed by atoms with E-state index < -0.39 is 10.0 Å². The molecule has 0 spiro atoms. The van der Waals surface area contributed by atoms with E-state index in [9.17, 15) is 18.0 Å². The first kappa shape index (κ1) is 21.2. The molecule has 1 fully saturated rings. The molecule has 1 heterocycles. The number of piperazine rings is 1. The Morgan fingerprint density at radius 3 is 2.31 bits per heavy atom. The third-order valence-electron chi connectivity index (χ3n) is 4.84. The topological polar surface area (TPSA) is 86.8 Å². The van der Waals surface area contributed by atoms with Gasteiger partial charge in [0.15, 0.2) is 5.78 Å². The second kappa shape index (κ2) is 9.30. The number of carbonyl (C=O) groups excluding carboxylic acids is 2. The molecule has 0 radical (unpaired) electrons. The second-order valence-electron chi connectivity index (χ2n) is 7.10. The van der Waals surface area contributed by atoms with E-state index in [1.165, 1.54) is 11.2 Å². The number of Topliss-reactive ketones (excluding diaryl/α,β-unsaturated/α-hetero) is 1. The lowest BCUT2D eigenvalue weighted by Crippen LogP contribution is -2.50. The van der Waals surface area contributed by atoms with Crippen LogP contribution >= 0.6 is 0 Å². The van der Waals surface area contributed by atoms with E-state index in [1.54, 1.807) is 36.4 Å². The highest BCUT2D eigenvalue weighted by Gasteiger charge is 2.27. The van der Waals surface area contributed by atoms with E-state index in [1.807, 2.05) is 23.1 Å². The first-order valence-corrected chi connectivity index (χ1v) is 11.1. The van der Waals surface area contributed by atoms with Crippen molar-refractivity contribution in [3.63, 3.8) is 0 Å². The van der Waals surface area contributed by atoms with Crippen molar-refractivity contribution in [1.29, 1.82) is 0 Å². The molecule has 1 aliphatic rings. The number of amides is 1. The normalized spacial score (nSPS) is 15.8. The van der Waals surface area contributed by atoms with Crippen LogP contribution < -0.4 is 5.32 Å². The lowest BCUT2D eigenvalue weighted by Gasteiger charge is -2.33. The molecule has 2 aromatic rings. The molecule has 0 aromatic heterocycles. The molecule has 0 aliphatic carbocycles. The summed E-state index contributed by atoms with van der Waals surface area (Å²) in [5.41, 5.74) is 1.88. The molecule has 1 saturated heterocycles. The van der Waals surface area contributed by atoms with Crippen molar-refractivity contribution in [2.24, 2.45) is 0 Å². The van der Waals surface area contributed by atoms with E-state index in [0.717, 1.165) is 5.56 Å². The minimum Gasteiger partial charge on any atom is -0.325 e. The van der Waals surface area contributed by atoms with Gasteiger partial charge in [0.25, 0.3) is 0 Å². The second-order valence-corrected chi connectivity index (χ2v) is 9.07. The summed E-state index contributed by atoms with van der Waals surface area (Å²) in [4.78, 5) is 25.7. The van der Waals surface area contributed by atoms with Gasteiger partial charge in [-0.3, -0.25) is 14.5 Å². The zero-order valence-corrected chi connectivity index (χ0v) is 17.2. The molecular weight excluding hydrogens is 390 g/mol. The maximum absolute atomic E-state index is 12.6. The van der Waals surface area contributed by atoms with Crippen molar-refractivity contribution in [3.05, 3.63) is 65.7 Å². The third kappa shape index (κ3) is 5.96. The summed E-state index contributed by atoms with van der Waals surface area (Å²) >= 11 is 0. The van der Waals surface area contributed by atoms with Crippen LogP contribution in [-0.2, 0) is 20.6 Å². The van der Waals surface area contributed by atoms with Gasteiger partial charge in [-0.15, -0.1) is 0 Å². The highest BCUT2D eigenvalue weighted by Crippen LogP contribution is 2.14. The number of sulfonamides is 1. The lowest BCUT2D eigenvalue weighted by atomic mass is 10.1. The van der Waals surface area contributed by atoms with E-state index in [0.29, 0.717) is 37.4 Å². The molecule has 0 saturated carbocycles. The molecule has 8 heteroatoms. The highest BCUT2D eigenvalue weighted by atomic mass is 32.2. The molecule has 7 nitrogen and oxygen atoms in total. The van der Waals surface area contributed by atoms with Gasteiger partial charge in [0.1, 0.15) is 0 Å². The summed E-state index contributed by atoms with van der Waals surface area (Å²) in [5, 5.41) is 2.79. The van der Waals surface area contributed by atoms with Crippen molar-refractivity contribution in [1.82, 2.24) is 9.21 Å². The average Bonchev–Trinajstić information content (AvgIpc) is 2.69. The zero-order chi connectivity index (χ0) is 20.9. The van der Waals surface area contributed by atoms with Crippen molar-refractivity contribution < 1.29 is 18.0 Å².